The predicted octanol–water partition coefficient (Wildman–Crippen LogP) is -2.16. The Bertz CT molecular complexity index is 25.2. The molecular weight excluding hydrogens is 56.0 g/mol. The first-order valence-corrected chi connectivity index (χ1v) is 1.16. The highest BCUT2D eigenvalue weighted by molar-refractivity contribution is 4.18. The van der Waals surface area contributed by atoms with Crippen LogP contribution in [0.1, 0.15) is 0 Å². The van der Waals surface area contributed by atoms with E-state index in [1.54, 1.807) is 0 Å². The number of hydrogen-bond acceptors (Lipinski definition) is 2. The van der Waals surface area contributed by atoms with Gasteiger partial charge in [-0.05, 0) is 0 Å². The molecule has 0 aliphatic carbocycles. The molecule has 0 radical (unpaired) electrons. The zero-order valence-corrected chi connectivity index (χ0v) is 2.12. The van der Waals surface area contributed by atoms with Gasteiger partial charge < -0.3 is 5.21 Å². The SMILES string of the molecule is [O-][NH+]1CN1. The highest BCUT2D eigenvalue weighted by Gasteiger charge is 2.07. The topological polar surface area (TPSA) is 49.4 Å². The van der Waals surface area contributed by atoms with Gasteiger partial charge in [-0.3, -0.25) is 5.17 Å². The Morgan fingerprint density at radius 3 is 2.25 bits per heavy atom. The van der Waals surface area contributed by atoms with Crippen molar-refractivity contribution < 1.29 is 5.17 Å². The lowest BCUT2D eigenvalue weighted by Crippen LogP contribution is -2.88. The lowest BCUT2D eigenvalue weighted by atomic mass is 11.4. The maximum Gasteiger partial charge on any atom is 0.191 e. The van der Waals surface area contributed by atoms with Crippen LogP contribution in [0.3, 0.4) is 0 Å². The fourth-order valence-electron chi connectivity index (χ4n) is 0.0361. The molecular formula is CH4N2O. The maximum absolute atomic E-state index is 9.44. The third-order valence-electron chi connectivity index (χ3n) is 0.321. The summed E-state index contributed by atoms with van der Waals surface area (Å²) in [7, 11) is 0. The van der Waals surface area contributed by atoms with Crippen LogP contribution in [0.25, 0.3) is 0 Å². The van der Waals surface area contributed by atoms with E-state index in [4.69, 9.17) is 0 Å². The molecule has 1 heterocycles. The van der Waals surface area contributed by atoms with E-state index in [9.17, 15) is 5.21 Å². The molecule has 0 amide bonds. The van der Waals surface area contributed by atoms with E-state index in [0.29, 0.717) is 6.67 Å². The summed E-state index contributed by atoms with van der Waals surface area (Å²) < 4.78 is 0. The standard InChI is InChI=1S/CH4N2O/c4-3-1-2-3/h2-3H,1H2. The summed E-state index contributed by atoms with van der Waals surface area (Å²) in [5.74, 6) is 0. The third-order valence-corrected chi connectivity index (χ3v) is 0.321. The van der Waals surface area contributed by atoms with E-state index >= 15 is 0 Å². The van der Waals surface area contributed by atoms with Gasteiger partial charge in [-0.2, -0.15) is 0 Å². The van der Waals surface area contributed by atoms with Crippen molar-refractivity contribution in [2.45, 2.75) is 0 Å². The summed E-state index contributed by atoms with van der Waals surface area (Å²) in [6, 6.07) is 0. The van der Waals surface area contributed by atoms with Crippen molar-refractivity contribution >= 4 is 0 Å². The molecule has 1 aliphatic rings. The van der Waals surface area contributed by atoms with Crippen LogP contribution in [0.15, 0.2) is 0 Å². The second-order valence-corrected chi connectivity index (χ2v) is 0.777. The van der Waals surface area contributed by atoms with Crippen LogP contribution < -0.4 is 10.6 Å². The Balaban J connectivity index is 2.17. The highest BCUT2D eigenvalue weighted by atomic mass is 16.6. The molecule has 1 rings (SSSR count). The van der Waals surface area contributed by atoms with Crippen molar-refractivity contribution in [3.63, 3.8) is 0 Å². The molecule has 3 nitrogen and oxygen atoms in total. The molecule has 1 fully saturated rings. The van der Waals surface area contributed by atoms with Crippen molar-refractivity contribution in [1.82, 2.24) is 5.43 Å². The van der Waals surface area contributed by atoms with Gasteiger partial charge in [0.15, 0.2) is 6.67 Å². The first kappa shape index (κ1) is 2.14. The van der Waals surface area contributed by atoms with Crippen LogP contribution in [0, 0.1) is 5.21 Å². The quantitative estimate of drug-likeness (QED) is 0.247. The van der Waals surface area contributed by atoms with Crippen LogP contribution in [-0.2, 0) is 0 Å². The fourth-order valence-corrected chi connectivity index (χ4v) is 0.0361. The molecule has 4 heavy (non-hydrogen) atoms. The average molecular weight is 60.1 g/mol. The molecule has 24 valence electrons. The van der Waals surface area contributed by atoms with Crippen LogP contribution >= 0.6 is 0 Å². The minimum absolute atomic E-state index is 0.167. The normalized spacial score (nSPS) is 39.8. The minimum Gasteiger partial charge on any atom is -0.612 e. The van der Waals surface area contributed by atoms with Crippen molar-refractivity contribution in [2.24, 2.45) is 0 Å². The lowest BCUT2D eigenvalue weighted by molar-refractivity contribution is -0.726. The zero-order chi connectivity index (χ0) is 2.99. The van der Waals surface area contributed by atoms with Gasteiger partial charge in [0.05, 0.1) is 0 Å². The second kappa shape index (κ2) is 0.427. The highest BCUT2D eigenvalue weighted by Crippen LogP contribution is 1.35. The van der Waals surface area contributed by atoms with Crippen molar-refractivity contribution in [2.75, 3.05) is 6.67 Å². The molecule has 1 unspecified atom stereocenters. The van der Waals surface area contributed by atoms with Crippen molar-refractivity contribution in [1.29, 1.82) is 0 Å². The number of quaternary nitrogens is 1. The van der Waals surface area contributed by atoms with E-state index < -0.39 is 0 Å². The van der Waals surface area contributed by atoms with Gasteiger partial charge in [0.25, 0.3) is 0 Å². The van der Waals surface area contributed by atoms with E-state index in [1.807, 2.05) is 0 Å². The van der Waals surface area contributed by atoms with Crippen LogP contribution in [0.5, 0.6) is 0 Å². The van der Waals surface area contributed by atoms with Gasteiger partial charge in [0.1, 0.15) is 0 Å². The van der Waals surface area contributed by atoms with Crippen molar-refractivity contribution in [3.8, 4) is 0 Å². The molecule has 0 bridgehead atoms. The monoisotopic (exact) mass is 60.0 g/mol. The first-order chi connectivity index (χ1) is 1.89. The van der Waals surface area contributed by atoms with Gasteiger partial charge in [-0.15, -0.1) is 5.43 Å². The van der Waals surface area contributed by atoms with E-state index in [2.05, 4.69) is 5.43 Å². The van der Waals surface area contributed by atoms with Gasteiger partial charge in [0.2, 0.25) is 0 Å². The number of rotatable bonds is 0. The van der Waals surface area contributed by atoms with Crippen LogP contribution in [-0.4, -0.2) is 6.67 Å². The largest absolute Gasteiger partial charge is 0.612 e. The Kier molecular flexibility index (Phi) is 0.228. The summed E-state index contributed by atoms with van der Waals surface area (Å²) in [6.07, 6.45) is 0. The number of hydroxylamine groups is 1. The summed E-state index contributed by atoms with van der Waals surface area (Å²) in [4.78, 5) is 0. The third kappa shape index (κ3) is 0.176. The average Bonchev–Trinajstić information content (AvgIpc) is 1.75. The summed E-state index contributed by atoms with van der Waals surface area (Å²) in [5, 5.41) is 9.61. The van der Waals surface area contributed by atoms with E-state index in [0.717, 1.165) is 0 Å². The lowest BCUT2D eigenvalue weighted by Gasteiger charge is -1.81. The van der Waals surface area contributed by atoms with Crippen molar-refractivity contribution in [3.05, 3.63) is 5.21 Å². The smallest absolute Gasteiger partial charge is 0.191 e. The second-order valence-electron chi connectivity index (χ2n) is 0.777. The summed E-state index contributed by atoms with van der Waals surface area (Å²) in [6.45, 7) is 0.597. The van der Waals surface area contributed by atoms with Crippen LogP contribution in [0.2, 0.25) is 0 Å². The predicted molar refractivity (Wildman–Crippen MR) is 12.3 cm³/mol. The number of hydrogen-bond donors (Lipinski definition) is 2. The minimum atomic E-state index is 0.167. The molecule has 0 spiro atoms. The first-order valence-electron chi connectivity index (χ1n) is 1.16. The zero-order valence-electron chi connectivity index (χ0n) is 2.12. The van der Waals surface area contributed by atoms with E-state index in [1.165, 1.54) is 0 Å². The summed E-state index contributed by atoms with van der Waals surface area (Å²) >= 11 is 0. The molecule has 0 saturated carbocycles. The van der Waals surface area contributed by atoms with E-state index in [-0.39, 0.29) is 5.17 Å². The van der Waals surface area contributed by atoms with Gasteiger partial charge in [-0.1, -0.05) is 0 Å². The Morgan fingerprint density at radius 1 is 2.00 bits per heavy atom. The molecule has 1 aliphatic heterocycles. The molecule has 0 aromatic heterocycles. The molecule has 1 saturated heterocycles. The molecule has 0 aromatic rings. The van der Waals surface area contributed by atoms with Gasteiger partial charge in [0, 0.05) is 0 Å². The Hall–Kier alpha value is -0.120. The Labute approximate surface area is 23.8 Å². The Morgan fingerprint density at radius 2 is 2.25 bits per heavy atom. The van der Waals surface area contributed by atoms with Crippen LogP contribution in [0.4, 0.5) is 0 Å². The molecule has 1 atom stereocenters. The summed E-state index contributed by atoms with van der Waals surface area (Å²) in [5.41, 5.74) is 2.46. The molecule has 2 N–H and O–H groups in total. The maximum atomic E-state index is 9.44. The van der Waals surface area contributed by atoms with Gasteiger partial charge in [-0.25, -0.2) is 0 Å². The molecule has 0 aromatic carbocycles. The number of nitrogens with one attached hydrogen (secondary N) is 2. The fraction of sp³-hybridized carbons (Fsp3) is 1.00. The van der Waals surface area contributed by atoms with Gasteiger partial charge >= 0.3 is 0 Å². The molecule has 3 heteroatoms.